The summed E-state index contributed by atoms with van der Waals surface area (Å²) in [5, 5.41) is 7.73. The fraction of sp³-hybridized carbons (Fsp3) is 0.412. The second-order valence-electron chi connectivity index (χ2n) is 6.30. The van der Waals surface area contributed by atoms with E-state index in [2.05, 4.69) is 10.6 Å². The van der Waals surface area contributed by atoms with Gasteiger partial charge in [-0.15, -0.1) is 0 Å². The van der Waals surface area contributed by atoms with Crippen LogP contribution >= 0.6 is 0 Å². The molecule has 1 aromatic heterocycles. The lowest BCUT2D eigenvalue weighted by molar-refractivity contribution is -0.135. The number of hydrogen-bond acceptors (Lipinski definition) is 4. The van der Waals surface area contributed by atoms with E-state index in [1.165, 1.54) is 0 Å². The van der Waals surface area contributed by atoms with Crippen LogP contribution in [-0.4, -0.2) is 36.1 Å². The van der Waals surface area contributed by atoms with Crippen LogP contribution in [0.2, 0.25) is 0 Å². The molecule has 2 saturated heterocycles. The molecule has 3 heterocycles. The number of aromatic nitrogens is 1. The third-order valence-corrected chi connectivity index (χ3v) is 4.56. The molecule has 1 aromatic carbocycles. The maximum atomic E-state index is 12.0. The molecule has 1 atom stereocenters. The highest BCUT2D eigenvalue weighted by atomic mass is 16.5. The molecule has 0 saturated carbocycles. The van der Waals surface area contributed by atoms with Gasteiger partial charge in [-0.1, -0.05) is 0 Å². The number of piperidine rings is 1. The van der Waals surface area contributed by atoms with Gasteiger partial charge in [0, 0.05) is 43.2 Å². The Kier molecular flexibility index (Phi) is 3.53. The van der Waals surface area contributed by atoms with Gasteiger partial charge in [0.15, 0.2) is 0 Å². The summed E-state index contributed by atoms with van der Waals surface area (Å²) in [5.41, 5.74) is 0. The minimum atomic E-state index is -0.314. The Labute approximate surface area is 133 Å². The van der Waals surface area contributed by atoms with E-state index in [9.17, 15) is 9.59 Å². The minimum absolute atomic E-state index is 0.191. The van der Waals surface area contributed by atoms with Gasteiger partial charge >= 0.3 is 0 Å². The SMILES string of the molecule is O=C1CCC(n2cc3ccc(OCC4CNC4)cc3c2)C(=O)N1. The smallest absolute Gasteiger partial charge is 0.249 e. The maximum Gasteiger partial charge on any atom is 0.249 e. The van der Waals surface area contributed by atoms with Crippen LogP contribution in [0.1, 0.15) is 18.9 Å². The van der Waals surface area contributed by atoms with Crippen molar-refractivity contribution in [2.45, 2.75) is 18.9 Å². The molecule has 6 heteroatoms. The molecule has 2 fully saturated rings. The quantitative estimate of drug-likeness (QED) is 0.833. The number of carbonyl (C=O) groups is 2. The van der Waals surface area contributed by atoms with Crippen LogP contribution in [-0.2, 0) is 9.59 Å². The Morgan fingerprint density at radius 3 is 2.74 bits per heavy atom. The monoisotopic (exact) mass is 313 g/mol. The summed E-state index contributed by atoms with van der Waals surface area (Å²) in [6.45, 7) is 2.77. The van der Waals surface area contributed by atoms with E-state index in [0.29, 0.717) is 18.8 Å². The van der Waals surface area contributed by atoms with Crippen molar-refractivity contribution in [3.8, 4) is 5.75 Å². The van der Waals surface area contributed by atoms with Gasteiger partial charge in [-0.2, -0.15) is 0 Å². The number of carbonyl (C=O) groups excluding carboxylic acids is 2. The molecule has 2 N–H and O–H groups in total. The Bertz CT molecular complexity index is 764. The molecule has 1 unspecified atom stereocenters. The molecule has 2 aromatic rings. The van der Waals surface area contributed by atoms with Crippen LogP contribution in [0, 0.1) is 5.92 Å². The number of fused-ring (bicyclic) bond motifs is 1. The molecule has 120 valence electrons. The lowest BCUT2D eigenvalue weighted by atomic mass is 10.1. The van der Waals surface area contributed by atoms with E-state index in [0.717, 1.165) is 36.2 Å². The zero-order chi connectivity index (χ0) is 15.8. The molecule has 0 radical (unpaired) electrons. The zero-order valence-electron chi connectivity index (χ0n) is 12.7. The fourth-order valence-corrected chi connectivity index (χ4v) is 3.06. The molecule has 4 rings (SSSR count). The first-order chi connectivity index (χ1) is 11.2. The van der Waals surface area contributed by atoms with Crippen molar-refractivity contribution in [3.63, 3.8) is 0 Å². The van der Waals surface area contributed by atoms with Crippen molar-refractivity contribution in [2.75, 3.05) is 19.7 Å². The number of ether oxygens (including phenoxy) is 1. The largest absolute Gasteiger partial charge is 0.493 e. The highest BCUT2D eigenvalue weighted by Gasteiger charge is 2.27. The lowest BCUT2D eigenvalue weighted by Crippen LogP contribution is -2.45. The topological polar surface area (TPSA) is 72.4 Å². The summed E-state index contributed by atoms with van der Waals surface area (Å²) in [4.78, 5) is 23.2. The highest BCUT2D eigenvalue weighted by molar-refractivity contribution is 5.99. The maximum absolute atomic E-state index is 12.0. The third kappa shape index (κ3) is 2.82. The van der Waals surface area contributed by atoms with Gasteiger partial charge in [-0.05, 0) is 30.0 Å². The van der Waals surface area contributed by atoms with E-state index in [-0.39, 0.29) is 17.9 Å². The van der Waals surface area contributed by atoms with Crippen LogP contribution in [0.15, 0.2) is 30.6 Å². The first kappa shape index (κ1) is 14.3. The Morgan fingerprint density at radius 1 is 1.17 bits per heavy atom. The normalized spacial score (nSPS) is 22.0. The van der Waals surface area contributed by atoms with Crippen LogP contribution in [0.4, 0.5) is 0 Å². The van der Waals surface area contributed by atoms with Gasteiger partial charge < -0.3 is 14.6 Å². The molecule has 6 nitrogen and oxygen atoms in total. The van der Waals surface area contributed by atoms with E-state index in [1.54, 1.807) is 0 Å². The first-order valence-electron chi connectivity index (χ1n) is 7.97. The summed E-state index contributed by atoms with van der Waals surface area (Å²) >= 11 is 0. The molecule has 0 aliphatic carbocycles. The molecule has 23 heavy (non-hydrogen) atoms. The minimum Gasteiger partial charge on any atom is -0.493 e. The first-order valence-corrected chi connectivity index (χ1v) is 7.97. The van der Waals surface area contributed by atoms with Gasteiger partial charge in [0.25, 0.3) is 0 Å². The average Bonchev–Trinajstić information content (AvgIpc) is 2.88. The standard InChI is InChI=1S/C17H19N3O3/c21-16-4-3-15(17(22)19-16)20-8-12-1-2-14(5-13(12)9-20)23-10-11-6-18-7-11/h1-2,5,8-9,11,15,18H,3-4,6-7,10H2,(H,19,21,22). The molecule has 0 bridgehead atoms. The predicted octanol–water partition coefficient (Wildman–Crippen LogP) is 1.22. The summed E-state index contributed by atoms with van der Waals surface area (Å²) in [7, 11) is 0. The summed E-state index contributed by atoms with van der Waals surface area (Å²) in [5.74, 6) is 1.03. The van der Waals surface area contributed by atoms with Crippen molar-refractivity contribution >= 4 is 22.6 Å². The summed E-state index contributed by atoms with van der Waals surface area (Å²) in [6.07, 6.45) is 4.83. The Balaban J connectivity index is 1.52. The van der Waals surface area contributed by atoms with Gasteiger partial charge in [0.1, 0.15) is 11.8 Å². The zero-order valence-corrected chi connectivity index (χ0v) is 12.7. The average molecular weight is 313 g/mol. The van der Waals surface area contributed by atoms with Gasteiger partial charge in [-0.3, -0.25) is 14.9 Å². The second-order valence-corrected chi connectivity index (χ2v) is 6.30. The molecule has 2 aliphatic rings. The van der Waals surface area contributed by atoms with Crippen molar-refractivity contribution < 1.29 is 14.3 Å². The van der Waals surface area contributed by atoms with Crippen LogP contribution < -0.4 is 15.4 Å². The van der Waals surface area contributed by atoms with Crippen molar-refractivity contribution in [1.82, 2.24) is 15.2 Å². The predicted molar refractivity (Wildman–Crippen MR) is 85.2 cm³/mol. The Hall–Kier alpha value is -2.34. The van der Waals surface area contributed by atoms with E-state index >= 15 is 0 Å². The van der Waals surface area contributed by atoms with Crippen LogP contribution in [0.3, 0.4) is 0 Å². The summed E-state index contributed by atoms with van der Waals surface area (Å²) in [6, 6.07) is 5.66. The number of rotatable bonds is 4. The third-order valence-electron chi connectivity index (χ3n) is 4.56. The fourth-order valence-electron chi connectivity index (χ4n) is 3.06. The van der Waals surface area contributed by atoms with E-state index in [4.69, 9.17) is 4.74 Å². The van der Waals surface area contributed by atoms with E-state index in [1.807, 2.05) is 35.2 Å². The number of nitrogens with one attached hydrogen (secondary N) is 2. The van der Waals surface area contributed by atoms with E-state index < -0.39 is 0 Å². The number of benzene rings is 1. The van der Waals surface area contributed by atoms with Gasteiger partial charge in [-0.25, -0.2) is 0 Å². The van der Waals surface area contributed by atoms with Crippen molar-refractivity contribution in [2.24, 2.45) is 5.92 Å². The molecular formula is C17H19N3O3. The highest BCUT2D eigenvalue weighted by Crippen LogP contribution is 2.27. The molecule has 2 amide bonds. The van der Waals surface area contributed by atoms with Crippen molar-refractivity contribution in [1.29, 1.82) is 0 Å². The number of imide groups is 1. The lowest BCUT2D eigenvalue weighted by Gasteiger charge is -2.26. The molecular weight excluding hydrogens is 294 g/mol. The van der Waals surface area contributed by atoms with Gasteiger partial charge in [0.05, 0.1) is 6.61 Å². The number of nitrogens with zero attached hydrogens (tertiary/aromatic N) is 1. The number of hydrogen-bond donors (Lipinski definition) is 2. The Morgan fingerprint density at radius 2 is 2.00 bits per heavy atom. The molecule has 0 spiro atoms. The van der Waals surface area contributed by atoms with Gasteiger partial charge in [0.2, 0.25) is 11.8 Å². The molecule has 2 aliphatic heterocycles. The summed E-state index contributed by atoms with van der Waals surface area (Å²) < 4.78 is 7.73. The van der Waals surface area contributed by atoms with Crippen molar-refractivity contribution in [3.05, 3.63) is 30.6 Å². The van der Waals surface area contributed by atoms with Crippen LogP contribution in [0.5, 0.6) is 5.75 Å². The van der Waals surface area contributed by atoms with Crippen LogP contribution in [0.25, 0.3) is 10.8 Å². The second kappa shape index (κ2) is 5.70. The number of amides is 2.